The van der Waals surface area contributed by atoms with E-state index in [1.807, 2.05) is 20.9 Å². The molecule has 1 heterocycles. The van der Waals surface area contributed by atoms with E-state index in [2.05, 4.69) is 42.6 Å². The average molecular weight is 243 g/mol. The van der Waals surface area contributed by atoms with E-state index in [0.29, 0.717) is 0 Å². The fourth-order valence-electron chi connectivity index (χ4n) is 2.43. The molecule has 96 valence electrons. The smallest absolute Gasteiger partial charge is 0.106 e. The molecule has 2 nitrogen and oxygen atoms in total. The molecule has 0 aliphatic carbocycles. The lowest BCUT2D eigenvalue weighted by Gasteiger charge is -2.17. The van der Waals surface area contributed by atoms with E-state index in [4.69, 9.17) is 4.42 Å². The molecule has 18 heavy (non-hydrogen) atoms. The summed E-state index contributed by atoms with van der Waals surface area (Å²) in [6.45, 7) is 6.20. The van der Waals surface area contributed by atoms with Crippen LogP contribution in [0.15, 0.2) is 34.7 Å². The highest BCUT2D eigenvalue weighted by Crippen LogP contribution is 2.27. The SMILES string of the molecule is CCc1cccc(C(NC)c2cc(C)oc2C)c1. The molecule has 0 spiro atoms. The Labute approximate surface area is 109 Å². The van der Waals surface area contributed by atoms with Crippen LogP contribution < -0.4 is 5.32 Å². The van der Waals surface area contributed by atoms with Gasteiger partial charge in [0.1, 0.15) is 11.5 Å². The molecule has 1 atom stereocenters. The molecule has 2 rings (SSSR count). The van der Waals surface area contributed by atoms with Crippen molar-refractivity contribution in [2.75, 3.05) is 7.05 Å². The van der Waals surface area contributed by atoms with Gasteiger partial charge >= 0.3 is 0 Å². The van der Waals surface area contributed by atoms with E-state index in [1.54, 1.807) is 0 Å². The molecule has 0 radical (unpaired) electrons. The van der Waals surface area contributed by atoms with Crippen molar-refractivity contribution in [2.45, 2.75) is 33.2 Å². The maximum Gasteiger partial charge on any atom is 0.106 e. The fraction of sp³-hybridized carbons (Fsp3) is 0.375. The second-order valence-electron chi connectivity index (χ2n) is 4.69. The van der Waals surface area contributed by atoms with Crippen LogP contribution >= 0.6 is 0 Å². The predicted octanol–water partition coefficient (Wildman–Crippen LogP) is 3.77. The standard InChI is InChI=1S/C16H21NO/c1-5-13-7-6-8-14(10-13)16(17-4)15-9-11(2)18-12(15)3/h6-10,16-17H,5H2,1-4H3. The summed E-state index contributed by atoms with van der Waals surface area (Å²) in [6.07, 6.45) is 1.06. The maximum atomic E-state index is 5.64. The molecule has 2 aromatic rings. The minimum Gasteiger partial charge on any atom is -0.466 e. The molecular formula is C16H21NO. The van der Waals surface area contributed by atoms with Gasteiger partial charge in [0.15, 0.2) is 0 Å². The van der Waals surface area contributed by atoms with Gasteiger partial charge in [-0.25, -0.2) is 0 Å². The van der Waals surface area contributed by atoms with E-state index >= 15 is 0 Å². The molecule has 0 fully saturated rings. The first-order chi connectivity index (χ1) is 8.65. The predicted molar refractivity (Wildman–Crippen MR) is 74.9 cm³/mol. The summed E-state index contributed by atoms with van der Waals surface area (Å²) < 4.78 is 5.64. The number of aryl methyl sites for hydroxylation is 3. The van der Waals surface area contributed by atoms with E-state index in [1.165, 1.54) is 16.7 Å². The first kappa shape index (κ1) is 12.9. The second-order valence-corrected chi connectivity index (χ2v) is 4.69. The summed E-state index contributed by atoms with van der Waals surface area (Å²) >= 11 is 0. The van der Waals surface area contributed by atoms with Gasteiger partial charge < -0.3 is 9.73 Å². The highest BCUT2D eigenvalue weighted by molar-refractivity contribution is 5.36. The summed E-state index contributed by atoms with van der Waals surface area (Å²) in [4.78, 5) is 0. The summed E-state index contributed by atoms with van der Waals surface area (Å²) in [5.41, 5.74) is 3.88. The molecule has 1 N–H and O–H groups in total. The zero-order valence-corrected chi connectivity index (χ0v) is 11.6. The van der Waals surface area contributed by atoms with Gasteiger partial charge in [-0.2, -0.15) is 0 Å². The maximum absolute atomic E-state index is 5.64. The topological polar surface area (TPSA) is 25.2 Å². The van der Waals surface area contributed by atoms with Crippen LogP contribution in [0.1, 0.15) is 41.2 Å². The summed E-state index contributed by atoms with van der Waals surface area (Å²) in [7, 11) is 1.99. The monoisotopic (exact) mass is 243 g/mol. The van der Waals surface area contributed by atoms with Gasteiger partial charge in [-0.1, -0.05) is 31.2 Å². The highest BCUT2D eigenvalue weighted by Gasteiger charge is 2.17. The lowest BCUT2D eigenvalue weighted by molar-refractivity contribution is 0.497. The Kier molecular flexibility index (Phi) is 3.87. The van der Waals surface area contributed by atoms with Crippen LogP contribution in [0, 0.1) is 13.8 Å². The Balaban J connectivity index is 2.41. The van der Waals surface area contributed by atoms with Crippen LogP contribution in [0.25, 0.3) is 0 Å². The van der Waals surface area contributed by atoms with Crippen LogP contribution in [-0.4, -0.2) is 7.05 Å². The van der Waals surface area contributed by atoms with Gasteiger partial charge in [0.25, 0.3) is 0 Å². The van der Waals surface area contributed by atoms with Crippen LogP contribution in [0.3, 0.4) is 0 Å². The Hall–Kier alpha value is -1.54. The summed E-state index contributed by atoms with van der Waals surface area (Å²) in [6, 6.07) is 11.1. The fourth-order valence-corrected chi connectivity index (χ4v) is 2.43. The van der Waals surface area contributed by atoms with Crippen molar-refractivity contribution in [1.29, 1.82) is 0 Å². The minimum absolute atomic E-state index is 0.203. The zero-order chi connectivity index (χ0) is 13.1. The molecule has 0 saturated carbocycles. The molecule has 2 heteroatoms. The number of benzene rings is 1. The molecule has 0 saturated heterocycles. The number of furan rings is 1. The van der Waals surface area contributed by atoms with Gasteiger partial charge in [-0.05, 0) is 44.5 Å². The molecule has 0 bridgehead atoms. The van der Waals surface area contributed by atoms with Crippen LogP contribution in [0.5, 0.6) is 0 Å². The van der Waals surface area contributed by atoms with Crippen molar-refractivity contribution >= 4 is 0 Å². The van der Waals surface area contributed by atoms with Crippen molar-refractivity contribution in [3.63, 3.8) is 0 Å². The first-order valence-corrected chi connectivity index (χ1v) is 6.48. The van der Waals surface area contributed by atoms with Gasteiger partial charge in [0.2, 0.25) is 0 Å². The van der Waals surface area contributed by atoms with Crippen LogP contribution in [0.2, 0.25) is 0 Å². The van der Waals surface area contributed by atoms with Crippen molar-refractivity contribution in [1.82, 2.24) is 5.32 Å². The normalized spacial score (nSPS) is 12.7. The highest BCUT2D eigenvalue weighted by atomic mass is 16.3. The lowest BCUT2D eigenvalue weighted by atomic mass is 9.97. The molecule has 1 aromatic heterocycles. The Morgan fingerprint density at radius 1 is 1.22 bits per heavy atom. The quantitative estimate of drug-likeness (QED) is 0.884. The van der Waals surface area contributed by atoms with Crippen LogP contribution in [-0.2, 0) is 6.42 Å². The number of hydrogen-bond acceptors (Lipinski definition) is 2. The van der Waals surface area contributed by atoms with Gasteiger partial charge in [-0.3, -0.25) is 0 Å². The molecule has 0 amide bonds. The van der Waals surface area contributed by atoms with E-state index in [0.717, 1.165) is 17.9 Å². The molecule has 1 unspecified atom stereocenters. The van der Waals surface area contributed by atoms with Gasteiger partial charge in [0.05, 0.1) is 6.04 Å². The third-order valence-electron chi connectivity index (χ3n) is 3.37. The number of rotatable bonds is 4. The van der Waals surface area contributed by atoms with Crippen molar-refractivity contribution in [3.05, 3.63) is 58.5 Å². The minimum atomic E-state index is 0.203. The van der Waals surface area contributed by atoms with Crippen molar-refractivity contribution in [2.24, 2.45) is 0 Å². The lowest BCUT2D eigenvalue weighted by Crippen LogP contribution is -2.18. The molecule has 0 aliphatic heterocycles. The zero-order valence-electron chi connectivity index (χ0n) is 11.6. The molecular weight excluding hydrogens is 222 g/mol. The third-order valence-corrected chi connectivity index (χ3v) is 3.37. The van der Waals surface area contributed by atoms with Crippen LogP contribution in [0.4, 0.5) is 0 Å². The third kappa shape index (κ3) is 2.49. The Morgan fingerprint density at radius 2 is 2.00 bits per heavy atom. The van der Waals surface area contributed by atoms with E-state index in [9.17, 15) is 0 Å². The van der Waals surface area contributed by atoms with Crippen molar-refractivity contribution < 1.29 is 4.42 Å². The van der Waals surface area contributed by atoms with E-state index in [-0.39, 0.29) is 6.04 Å². The largest absolute Gasteiger partial charge is 0.466 e. The van der Waals surface area contributed by atoms with Gasteiger partial charge in [-0.15, -0.1) is 0 Å². The second kappa shape index (κ2) is 5.40. The van der Waals surface area contributed by atoms with Gasteiger partial charge in [0, 0.05) is 5.56 Å². The summed E-state index contributed by atoms with van der Waals surface area (Å²) in [5, 5.41) is 3.38. The summed E-state index contributed by atoms with van der Waals surface area (Å²) in [5.74, 6) is 1.96. The van der Waals surface area contributed by atoms with Crippen molar-refractivity contribution in [3.8, 4) is 0 Å². The first-order valence-electron chi connectivity index (χ1n) is 6.48. The number of nitrogens with one attached hydrogen (secondary N) is 1. The molecule has 0 aliphatic rings. The Bertz CT molecular complexity index is 528. The van der Waals surface area contributed by atoms with E-state index < -0.39 is 0 Å². The average Bonchev–Trinajstić information content (AvgIpc) is 2.70. The molecule has 1 aromatic carbocycles. The Morgan fingerprint density at radius 3 is 2.56 bits per heavy atom. The number of hydrogen-bond donors (Lipinski definition) is 1.